The Balaban J connectivity index is 2.00. The molecule has 3 N–H and O–H groups in total. The van der Waals surface area contributed by atoms with Gasteiger partial charge in [-0.1, -0.05) is 0 Å². The van der Waals surface area contributed by atoms with E-state index in [0.29, 0.717) is 5.92 Å². The lowest BCUT2D eigenvalue weighted by molar-refractivity contribution is -0.218. The fourth-order valence-electron chi connectivity index (χ4n) is 5.14. The van der Waals surface area contributed by atoms with E-state index >= 15 is 0 Å². The molecule has 0 heterocycles. The summed E-state index contributed by atoms with van der Waals surface area (Å²) in [5, 5.41) is 29.6. The standard InChI is InChI=1S/C12H20O3/c13-7-10-1-9-2-11(4-10,8-14)6-12(15,3-9)5-10/h9,13-15H,1-8H2. The maximum absolute atomic E-state index is 10.5. The van der Waals surface area contributed by atoms with Crippen LogP contribution in [-0.2, 0) is 0 Å². The zero-order valence-corrected chi connectivity index (χ0v) is 9.08. The number of hydrogen-bond donors (Lipinski definition) is 3. The highest BCUT2D eigenvalue weighted by Gasteiger charge is 2.62. The van der Waals surface area contributed by atoms with E-state index in [0.717, 1.165) is 38.5 Å². The molecule has 4 aliphatic rings. The number of aliphatic hydroxyl groups is 3. The van der Waals surface area contributed by atoms with E-state index in [9.17, 15) is 15.3 Å². The summed E-state index contributed by atoms with van der Waals surface area (Å²) in [6.45, 7) is 0.348. The second-order valence-corrected chi connectivity index (χ2v) is 6.55. The molecule has 4 rings (SSSR count). The fourth-order valence-corrected chi connectivity index (χ4v) is 5.14. The first-order valence-corrected chi connectivity index (χ1v) is 5.97. The summed E-state index contributed by atoms with van der Waals surface area (Å²) >= 11 is 0. The van der Waals surface area contributed by atoms with Crippen molar-refractivity contribution in [3.8, 4) is 0 Å². The van der Waals surface area contributed by atoms with Crippen molar-refractivity contribution in [2.75, 3.05) is 13.2 Å². The van der Waals surface area contributed by atoms with Gasteiger partial charge in [-0.3, -0.25) is 0 Å². The van der Waals surface area contributed by atoms with Crippen LogP contribution in [0.4, 0.5) is 0 Å². The van der Waals surface area contributed by atoms with E-state index in [-0.39, 0.29) is 24.0 Å². The summed E-state index contributed by atoms with van der Waals surface area (Å²) in [4.78, 5) is 0. The van der Waals surface area contributed by atoms with Crippen LogP contribution in [0.1, 0.15) is 38.5 Å². The van der Waals surface area contributed by atoms with Crippen molar-refractivity contribution in [1.82, 2.24) is 0 Å². The molecule has 4 fully saturated rings. The third-order valence-corrected chi connectivity index (χ3v) is 4.94. The average Bonchev–Trinajstić information content (AvgIpc) is 2.14. The van der Waals surface area contributed by atoms with Crippen LogP contribution in [-0.4, -0.2) is 34.1 Å². The Morgan fingerprint density at radius 2 is 1.40 bits per heavy atom. The first kappa shape index (κ1) is 10.1. The Morgan fingerprint density at radius 3 is 1.80 bits per heavy atom. The van der Waals surface area contributed by atoms with Gasteiger partial charge in [0, 0.05) is 13.2 Å². The zero-order chi connectivity index (χ0) is 10.7. The van der Waals surface area contributed by atoms with E-state index in [1.54, 1.807) is 0 Å². The molecule has 15 heavy (non-hydrogen) atoms. The van der Waals surface area contributed by atoms with Crippen LogP contribution in [0.5, 0.6) is 0 Å². The highest BCUT2D eigenvalue weighted by atomic mass is 16.3. The van der Waals surface area contributed by atoms with E-state index in [4.69, 9.17) is 0 Å². The van der Waals surface area contributed by atoms with E-state index in [1.807, 2.05) is 0 Å². The monoisotopic (exact) mass is 212 g/mol. The summed E-state index contributed by atoms with van der Waals surface area (Å²) in [6, 6.07) is 0. The molecule has 3 heteroatoms. The Hall–Kier alpha value is -0.120. The molecule has 0 amide bonds. The van der Waals surface area contributed by atoms with E-state index in [2.05, 4.69) is 0 Å². The van der Waals surface area contributed by atoms with Gasteiger partial charge < -0.3 is 15.3 Å². The van der Waals surface area contributed by atoms with Crippen LogP contribution in [0.25, 0.3) is 0 Å². The molecule has 0 radical (unpaired) electrons. The molecule has 4 bridgehead atoms. The normalized spacial score (nSPS) is 57.4. The van der Waals surface area contributed by atoms with Crippen LogP contribution in [0.15, 0.2) is 0 Å². The summed E-state index contributed by atoms with van der Waals surface area (Å²) in [5.74, 6) is 0.519. The Kier molecular flexibility index (Phi) is 1.85. The molecule has 0 aromatic rings. The SMILES string of the molecule is OCC12CC3CC(O)(C1)CC(CO)(C3)C2. The highest BCUT2D eigenvalue weighted by molar-refractivity contribution is 5.13. The molecule has 0 aromatic carbocycles. The predicted molar refractivity (Wildman–Crippen MR) is 55.2 cm³/mol. The van der Waals surface area contributed by atoms with E-state index in [1.165, 1.54) is 0 Å². The van der Waals surface area contributed by atoms with Gasteiger partial charge in [0.1, 0.15) is 0 Å². The van der Waals surface area contributed by atoms with Gasteiger partial charge in [0.05, 0.1) is 5.60 Å². The van der Waals surface area contributed by atoms with Crippen molar-refractivity contribution >= 4 is 0 Å². The quantitative estimate of drug-likeness (QED) is 0.630. The van der Waals surface area contributed by atoms with Gasteiger partial charge in [0.25, 0.3) is 0 Å². The third kappa shape index (κ3) is 1.30. The van der Waals surface area contributed by atoms with Gasteiger partial charge >= 0.3 is 0 Å². The van der Waals surface area contributed by atoms with Gasteiger partial charge in [-0.2, -0.15) is 0 Å². The lowest BCUT2D eigenvalue weighted by atomic mass is 9.43. The minimum atomic E-state index is -0.592. The van der Waals surface area contributed by atoms with Gasteiger partial charge in [-0.15, -0.1) is 0 Å². The van der Waals surface area contributed by atoms with E-state index < -0.39 is 5.60 Å². The predicted octanol–water partition coefficient (Wildman–Crippen LogP) is 0.672. The van der Waals surface area contributed by atoms with Crippen molar-refractivity contribution in [2.45, 2.75) is 44.1 Å². The second kappa shape index (κ2) is 2.76. The summed E-state index contributed by atoms with van der Waals surface area (Å²) < 4.78 is 0. The lowest BCUT2D eigenvalue weighted by Gasteiger charge is -2.64. The molecule has 0 aliphatic heterocycles. The van der Waals surface area contributed by atoms with Crippen molar-refractivity contribution in [3.05, 3.63) is 0 Å². The average molecular weight is 212 g/mol. The molecular formula is C12H20O3. The van der Waals surface area contributed by atoms with Crippen molar-refractivity contribution in [3.63, 3.8) is 0 Å². The minimum absolute atomic E-state index is 0.0864. The minimum Gasteiger partial charge on any atom is -0.396 e. The van der Waals surface area contributed by atoms with Gasteiger partial charge in [0.15, 0.2) is 0 Å². The van der Waals surface area contributed by atoms with Crippen LogP contribution in [0.2, 0.25) is 0 Å². The first-order chi connectivity index (χ1) is 7.03. The molecule has 86 valence electrons. The molecule has 4 aliphatic carbocycles. The third-order valence-electron chi connectivity index (χ3n) is 4.94. The molecule has 4 saturated carbocycles. The van der Waals surface area contributed by atoms with Crippen LogP contribution >= 0.6 is 0 Å². The smallest absolute Gasteiger partial charge is 0.0662 e. The molecule has 0 saturated heterocycles. The van der Waals surface area contributed by atoms with Crippen LogP contribution in [0, 0.1) is 16.7 Å². The highest BCUT2D eigenvalue weighted by Crippen LogP contribution is 2.66. The Labute approximate surface area is 90.1 Å². The number of rotatable bonds is 2. The maximum Gasteiger partial charge on any atom is 0.0662 e. The fraction of sp³-hybridized carbons (Fsp3) is 1.00. The second-order valence-electron chi connectivity index (χ2n) is 6.55. The molecule has 0 spiro atoms. The Bertz CT molecular complexity index is 269. The topological polar surface area (TPSA) is 60.7 Å². The summed E-state index contributed by atoms with van der Waals surface area (Å²) in [5.41, 5.74) is -0.765. The van der Waals surface area contributed by atoms with Gasteiger partial charge in [0.2, 0.25) is 0 Å². The number of hydrogen-bond acceptors (Lipinski definition) is 3. The molecular weight excluding hydrogens is 192 g/mol. The Morgan fingerprint density at radius 1 is 0.867 bits per heavy atom. The lowest BCUT2D eigenvalue weighted by Crippen LogP contribution is -2.62. The molecule has 2 atom stereocenters. The maximum atomic E-state index is 10.5. The van der Waals surface area contributed by atoms with Crippen molar-refractivity contribution in [1.29, 1.82) is 0 Å². The first-order valence-electron chi connectivity index (χ1n) is 5.97. The van der Waals surface area contributed by atoms with Crippen LogP contribution in [0.3, 0.4) is 0 Å². The zero-order valence-electron chi connectivity index (χ0n) is 9.08. The number of aliphatic hydroxyl groups excluding tert-OH is 2. The van der Waals surface area contributed by atoms with Gasteiger partial charge in [-0.05, 0) is 55.3 Å². The molecule has 3 nitrogen and oxygen atoms in total. The molecule has 2 unspecified atom stereocenters. The largest absolute Gasteiger partial charge is 0.396 e. The molecule has 0 aromatic heterocycles. The van der Waals surface area contributed by atoms with Crippen LogP contribution < -0.4 is 0 Å². The van der Waals surface area contributed by atoms with Crippen molar-refractivity contribution in [2.24, 2.45) is 16.7 Å². The van der Waals surface area contributed by atoms with Gasteiger partial charge in [-0.25, -0.2) is 0 Å². The van der Waals surface area contributed by atoms with Crippen molar-refractivity contribution < 1.29 is 15.3 Å². The summed E-state index contributed by atoms with van der Waals surface area (Å²) in [7, 11) is 0. The summed E-state index contributed by atoms with van der Waals surface area (Å²) in [6.07, 6.45) is 5.38.